The summed E-state index contributed by atoms with van der Waals surface area (Å²) in [5, 5.41) is 0. The highest BCUT2D eigenvalue weighted by Crippen LogP contribution is 2.56. The van der Waals surface area contributed by atoms with Crippen LogP contribution in [0.1, 0.15) is 84.5 Å². The summed E-state index contributed by atoms with van der Waals surface area (Å²) < 4.78 is 51.9. The minimum atomic E-state index is -0.419. The van der Waals surface area contributed by atoms with Crippen molar-refractivity contribution < 1.29 is 11.6 Å². The van der Waals surface area contributed by atoms with E-state index in [1.54, 1.807) is 0 Å². The second kappa shape index (κ2) is 21.1. The van der Waals surface area contributed by atoms with E-state index in [1.807, 2.05) is 24.3 Å². The predicted molar refractivity (Wildman–Crippen MR) is 403 cm³/mol. The topological polar surface area (TPSA) is 19.0 Å². The van der Waals surface area contributed by atoms with Gasteiger partial charge in [0.25, 0.3) is 13.4 Å². The van der Waals surface area contributed by atoms with Crippen LogP contribution in [0.15, 0.2) is 285 Å². The third kappa shape index (κ3) is 8.76. The Hall–Kier alpha value is -10.8. The maximum Gasteiger partial charge on any atom is 0.256 e. The quantitative estimate of drug-likeness (QED) is 0.148. The van der Waals surface area contributed by atoms with E-state index < -0.39 is 6.04 Å². The average Bonchev–Trinajstić information content (AvgIpc) is 0.810. The first-order chi connectivity index (χ1) is 48.2. The van der Waals surface area contributed by atoms with Crippen molar-refractivity contribution in [3.8, 4) is 67.1 Å². The molecule has 5 aliphatic rings. The van der Waals surface area contributed by atoms with Gasteiger partial charge in [-0.2, -0.15) is 0 Å². The normalized spacial score (nSPS) is 14.9. The third-order valence-electron chi connectivity index (χ3n) is 20.8. The van der Waals surface area contributed by atoms with Gasteiger partial charge in [-0.25, -0.2) is 0 Å². The van der Waals surface area contributed by atoms with E-state index in [1.165, 1.54) is 33.3 Å². The summed E-state index contributed by atoms with van der Waals surface area (Å²) >= 11 is 0. The van der Waals surface area contributed by atoms with Crippen LogP contribution in [-0.4, -0.2) is 13.4 Å². The Morgan fingerprint density at radius 2 is 0.863 bits per heavy atom. The highest BCUT2D eigenvalue weighted by atomic mass is 16.5. The predicted octanol–water partition coefficient (Wildman–Crippen LogP) is 19.7. The molecule has 0 spiro atoms. The van der Waals surface area contributed by atoms with Gasteiger partial charge in [-0.15, -0.1) is 0 Å². The minimum Gasteiger partial charge on any atom is -0.458 e. The van der Waals surface area contributed by atoms with Crippen molar-refractivity contribution in [3.05, 3.63) is 307 Å². The lowest BCUT2D eigenvalue weighted by Crippen LogP contribution is -2.64. The monoisotopic (exact) mass is 1220 g/mol. The molecule has 0 saturated heterocycles. The Kier molecular flexibility index (Phi) is 11.5. The van der Waals surface area contributed by atoms with Crippen molar-refractivity contribution in [1.82, 2.24) is 0 Å². The number of fused-ring (bicyclic) bond motifs is 11. The minimum absolute atomic E-state index is 0.160. The molecule has 95 heavy (non-hydrogen) atoms. The third-order valence-corrected chi connectivity index (χ3v) is 20.8. The summed E-state index contributed by atoms with van der Waals surface area (Å²) in [7, 11) is 0. The number of hydrogen-bond acceptors (Lipinski definition) is 4. The van der Waals surface area contributed by atoms with Gasteiger partial charge in [0.15, 0.2) is 0 Å². The van der Waals surface area contributed by atoms with Crippen LogP contribution < -0.4 is 52.2 Å². The molecule has 0 N–H and O–H groups in total. The number of nitrogens with zero attached hydrogens (tertiary/aromatic N) is 3. The van der Waals surface area contributed by atoms with E-state index in [-0.39, 0.29) is 59.4 Å². The van der Waals surface area contributed by atoms with E-state index >= 15 is 0 Å². The van der Waals surface area contributed by atoms with Crippen LogP contribution in [-0.2, 0) is 16.2 Å². The number of para-hydroxylation sites is 3. The molecule has 4 nitrogen and oxygen atoms in total. The first kappa shape index (κ1) is 51.7. The summed E-state index contributed by atoms with van der Waals surface area (Å²) in [5.74, 6) is 1.54. The highest BCUT2D eigenvalue weighted by Gasteiger charge is 2.49. The van der Waals surface area contributed by atoms with Crippen LogP contribution in [0.5, 0.6) is 11.5 Å². The Bertz CT molecular complexity index is 5520. The molecule has 18 rings (SSSR count). The average molecular weight is 1230 g/mol. The molecule has 0 radical (unpaired) electrons. The van der Waals surface area contributed by atoms with Gasteiger partial charge < -0.3 is 19.4 Å². The van der Waals surface area contributed by atoms with Crippen LogP contribution >= 0.6 is 0 Å². The molecule has 4 aliphatic heterocycles. The molecule has 0 fully saturated rings. The van der Waals surface area contributed by atoms with Crippen molar-refractivity contribution >= 4 is 97.4 Å². The second-order valence-electron chi connectivity index (χ2n) is 28.8. The van der Waals surface area contributed by atoms with E-state index in [0.29, 0.717) is 5.56 Å². The van der Waals surface area contributed by atoms with Crippen molar-refractivity contribution in [2.24, 2.45) is 0 Å². The smallest absolute Gasteiger partial charge is 0.256 e. The number of ether oxygens (including phenoxy) is 1. The Balaban J connectivity index is 0.936. The molecule has 6 heteroatoms. The van der Waals surface area contributed by atoms with Crippen LogP contribution in [0.4, 0.5) is 51.2 Å². The van der Waals surface area contributed by atoms with Crippen LogP contribution in [0.3, 0.4) is 0 Å². The van der Waals surface area contributed by atoms with E-state index in [4.69, 9.17) is 11.6 Å². The molecule has 0 bridgehead atoms. The zero-order valence-electron chi connectivity index (χ0n) is 59.7. The van der Waals surface area contributed by atoms with Crippen molar-refractivity contribution in [2.75, 3.05) is 14.7 Å². The SMILES string of the molecule is [2H]c1c([2H])c([2H])c(-c2ccc(N3c4cc5c(cc4B4c6ccccc6N(c6ccccc6)c6cc(C(C)(C)C)cc3c64)B3c4ccccc4N(c4c(-c6ccccc6)cc(C(C)(C)C)cc4-c4ccccc4)c4cc(-c6cccc7c6C(C)(C)c6ccccc6-7)cc(c43)O5)cc2)c([2H])c1[2H]. The molecular formula is C89H71B2N3O. The van der Waals surface area contributed by atoms with Gasteiger partial charge in [0.05, 0.1) is 12.5 Å². The first-order valence-corrected chi connectivity index (χ1v) is 33.3. The van der Waals surface area contributed by atoms with Crippen molar-refractivity contribution in [1.29, 1.82) is 0 Å². The number of rotatable bonds is 7. The second-order valence-corrected chi connectivity index (χ2v) is 28.8. The molecule has 13 aromatic carbocycles. The Labute approximate surface area is 566 Å². The maximum absolute atomic E-state index is 9.06. The lowest BCUT2D eigenvalue weighted by Gasteiger charge is -2.46. The number of benzene rings is 13. The van der Waals surface area contributed by atoms with Gasteiger partial charge in [0, 0.05) is 68.1 Å². The summed E-state index contributed by atoms with van der Waals surface area (Å²) in [5.41, 5.74) is 30.2. The molecule has 0 saturated carbocycles. The fourth-order valence-corrected chi connectivity index (χ4v) is 16.3. The highest BCUT2D eigenvalue weighted by molar-refractivity contribution is 7.02. The van der Waals surface area contributed by atoms with E-state index in [0.717, 1.165) is 129 Å². The molecule has 1 aliphatic carbocycles. The van der Waals surface area contributed by atoms with Gasteiger partial charge in [0.2, 0.25) is 0 Å². The number of hydrogen-bond donors (Lipinski definition) is 0. The van der Waals surface area contributed by atoms with Crippen molar-refractivity contribution in [2.45, 2.75) is 71.6 Å². The van der Waals surface area contributed by atoms with Gasteiger partial charge in [-0.1, -0.05) is 262 Å². The van der Waals surface area contributed by atoms with Gasteiger partial charge in [0.1, 0.15) is 11.5 Å². The molecule has 0 unspecified atom stereocenters. The zero-order valence-corrected chi connectivity index (χ0v) is 54.7. The molecule has 0 aromatic heterocycles. The largest absolute Gasteiger partial charge is 0.458 e. The van der Waals surface area contributed by atoms with E-state index in [9.17, 15) is 0 Å². The lowest BCUT2D eigenvalue weighted by atomic mass is 9.30. The van der Waals surface area contributed by atoms with E-state index in [2.05, 4.69) is 301 Å². The standard InChI is InChI=1S/C89H71B2N3O/c1-87(2,3)61-50-68(58-30-15-10-16-31-58)86(69(51-61)59-32-17-11-18-33-59)94-76-43-26-24-41-72(76)91-74-54-73-77(55-81(74)95-82-49-60(48-78(94)85(82)91)65-37-27-38-67-66-36-21-22-39-70(66)89(7,8)83(65)67)93(64-46-44-57(45-47-64)56-28-13-9-14-29-56)80-53-62(88(4,5)6)52-79-84(80)90(73)71-40-23-25-42-75(71)92(79)63-34-19-12-20-35-63/h9-55H,1-8H3/i9D,13D,14D,28D,29D. The van der Waals surface area contributed by atoms with Crippen LogP contribution in [0.2, 0.25) is 0 Å². The van der Waals surface area contributed by atoms with Crippen molar-refractivity contribution in [3.63, 3.8) is 0 Å². The first-order valence-electron chi connectivity index (χ1n) is 35.8. The summed E-state index contributed by atoms with van der Waals surface area (Å²) in [4.78, 5) is 7.42. The molecule has 0 amide bonds. The van der Waals surface area contributed by atoms with Gasteiger partial charge >= 0.3 is 0 Å². The van der Waals surface area contributed by atoms with Crippen LogP contribution in [0.25, 0.3) is 55.6 Å². The molecular weight excluding hydrogens is 1150 g/mol. The summed E-state index contributed by atoms with van der Waals surface area (Å²) in [6.45, 7) is 18.0. The number of anilines is 9. The van der Waals surface area contributed by atoms with Gasteiger partial charge in [-0.05, 0) is 183 Å². The van der Waals surface area contributed by atoms with Gasteiger partial charge in [-0.3, -0.25) is 0 Å². The molecule has 13 aromatic rings. The molecule has 454 valence electrons. The fourth-order valence-electron chi connectivity index (χ4n) is 16.3. The lowest BCUT2D eigenvalue weighted by molar-refractivity contribution is 0.488. The summed E-state index contributed by atoms with van der Waals surface area (Å²) in [6, 6.07) is 91.9. The Morgan fingerprint density at radius 3 is 1.51 bits per heavy atom. The molecule has 4 heterocycles. The fraction of sp³-hybridized carbons (Fsp3) is 0.124. The Morgan fingerprint density at radius 1 is 0.347 bits per heavy atom. The maximum atomic E-state index is 9.06. The summed E-state index contributed by atoms with van der Waals surface area (Å²) in [6.07, 6.45) is 0. The molecule has 0 atom stereocenters. The zero-order chi connectivity index (χ0) is 68.6. The van der Waals surface area contributed by atoms with Crippen LogP contribution in [0, 0.1) is 0 Å².